The molecule has 0 unspecified atom stereocenters. The van der Waals surface area contributed by atoms with Crippen LogP contribution in [-0.4, -0.2) is 29.8 Å². The maximum absolute atomic E-state index is 13.9. The van der Waals surface area contributed by atoms with E-state index in [4.69, 9.17) is 4.74 Å². The lowest BCUT2D eigenvalue weighted by Crippen LogP contribution is -2.41. The summed E-state index contributed by atoms with van der Waals surface area (Å²) in [6.45, 7) is 0.0816. The smallest absolute Gasteiger partial charge is 0.407 e. The van der Waals surface area contributed by atoms with E-state index in [0.29, 0.717) is 11.1 Å². The van der Waals surface area contributed by atoms with Crippen LogP contribution in [0.5, 0.6) is 0 Å². The van der Waals surface area contributed by atoms with Crippen molar-refractivity contribution in [3.05, 3.63) is 95.4 Å². The lowest BCUT2D eigenvalue weighted by molar-refractivity contribution is -0.139. The molecule has 1 atom stereocenters. The van der Waals surface area contributed by atoms with Crippen LogP contribution in [0, 0.1) is 5.82 Å². The maximum atomic E-state index is 13.9. The number of alkyl carbamates (subject to hydrolysis) is 1. The Hall–Kier alpha value is -4.13. The number of carboxylic acids is 1. The molecule has 2 aliphatic rings. The van der Waals surface area contributed by atoms with E-state index in [1.807, 2.05) is 48.5 Å². The van der Waals surface area contributed by atoms with Crippen LogP contribution in [0.15, 0.2) is 72.9 Å². The fourth-order valence-electron chi connectivity index (χ4n) is 4.48. The first kappa shape index (κ1) is 20.8. The number of para-hydroxylation sites is 1. The molecule has 1 amide bonds. The van der Waals surface area contributed by atoms with Gasteiger partial charge in [-0.3, -0.25) is 5.32 Å². The number of hydrogen-bond donors (Lipinski definition) is 2. The highest BCUT2D eigenvalue weighted by Crippen LogP contribution is 2.44. The quantitative estimate of drug-likeness (QED) is 0.573. The largest absolute Gasteiger partial charge is 0.480 e. The molecule has 1 heterocycles. The molecule has 7 heteroatoms. The van der Waals surface area contributed by atoms with Gasteiger partial charge in [-0.2, -0.15) is 0 Å². The third-order valence-corrected chi connectivity index (χ3v) is 6.04. The molecular formula is C26H20FN2O4. The number of amides is 1. The van der Waals surface area contributed by atoms with Gasteiger partial charge in [-0.1, -0.05) is 60.7 Å². The van der Waals surface area contributed by atoms with Crippen molar-refractivity contribution >= 4 is 23.3 Å². The monoisotopic (exact) mass is 443 g/mol. The van der Waals surface area contributed by atoms with Gasteiger partial charge in [0, 0.05) is 24.1 Å². The van der Waals surface area contributed by atoms with Crippen molar-refractivity contribution in [3.63, 3.8) is 0 Å². The van der Waals surface area contributed by atoms with Crippen LogP contribution in [-0.2, 0) is 9.53 Å². The number of benzene rings is 3. The van der Waals surface area contributed by atoms with E-state index < -0.39 is 23.9 Å². The van der Waals surface area contributed by atoms with E-state index in [-0.39, 0.29) is 24.6 Å². The van der Waals surface area contributed by atoms with Crippen molar-refractivity contribution in [2.45, 2.75) is 18.4 Å². The Morgan fingerprint density at radius 3 is 2.27 bits per heavy atom. The molecule has 2 N–H and O–H groups in total. The van der Waals surface area contributed by atoms with Gasteiger partial charge in [0.1, 0.15) is 24.2 Å². The van der Waals surface area contributed by atoms with Gasteiger partial charge in [-0.05, 0) is 33.9 Å². The van der Waals surface area contributed by atoms with Gasteiger partial charge in [0.05, 0.1) is 0 Å². The topological polar surface area (TPSA) is 89.7 Å². The SMILES string of the molecule is O=C(N[C@@H](CC1=C[N]c2c(F)cccc21)C(=O)O)OCC1c2ccccc2-c2ccccc21. The first-order valence-corrected chi connectivity index (χ1v) is 10.6. The van der Waals surface area contributed by atoms with Gasteiger partial charge in [0.25, 0.3) is 0 Å². The van der Waals surface area contributed by atoms with E-state index >= 15 is 0 Å². The minimum absolute atomic E-state index is 0.0422. The number of nitrogens with one attached hydrogen (secondary N) is 1. The van der Waals surface area contributed by atoms with E-state index in [2.05, 4.69) is 10.6 Å². The van der Waals surface area contributed by atoms with Crippen molar-refractivity contribution in [2.75, 3.05) is 6.61 Å². The summed E-state index contributed by atoms with van der Waals surface area (Å²) in [7, 11) is 0. The zero-order valence-corrected chi connectivity index (χ0v) is 17.5. The minimum Gasteiger partial charge on any atom is -0.480 e. The van der Waals surface area contributed by atoms with Crippen molar-refractivity contribution in [1.29, 1.82) is 0 Å². The third kappa shape index (κ3) is 3.82. The number of halogens is 1. The summed E-state index contributed by atoms with van der Waals surface area (Å²) in [5, 5.41) is 16.1. The Balaban J connectivity index is 1.26. The second kappa shape index (κ2) is 8.43. The Morgan fingerprint density at radius 1 is 0.970 bits per heavy atom. The molecule has 0 fully saturated rings. The summed E-state index contributed by atoms with van der Waals surface area (Å²) in [6, 6.07) is 19.2. The summed E-state index contributed by atoms with van der Waals surface area (Å²) in [5.74, 6) is -1.82. The molecule has 1 aliphatic heterocycles. The molecular weight excluding hydrogens is 423 g/mol. The molecule has 1 aliphatic carbocycles. The molecule has 0 aromatic heterocycles. The zero-order valence-electron chi connectivity index (χ0n) is 17.5. The van der Waals surface area contributed by atoms with Gasteiger partial charge in [0.2, 0.25) is 0 Å². The predicted octanol–water partition coefficient (Wildman–Crippen LogP) is 4.80. The van der Waals surface area contributed by atoms with E-state index in [9.17, 15) is 19.1 Å². The lowest BCUT2D eigenvalue weighted by Gasteiger charge is -2.18. The average molecular weight is 443 g/mol. The Kier molecular flexibility index (Phi) is 5.30. The fourth-order valence-corrected chi connectivity index (χ4v) is 4.48. The standard InChI is InChI=1S/C26H20FN2O4/c27-22-11-5-10-16-15(13-28-24(16)22)12-23(25(30)31)29-26(32)33-14-21-19-8-3-1-6-17(19)18-7-2-4-9-20(18)21/h1-11,13,21,23H,12,14H2,(H,29,32)(H,30,31)/t23-/m0/s1. The zero-order chi connectivity index (χ0) is 22.9. The Bertz CT molecular complexity index is 1240. The molecule has 0 saturated carbocycles. The maximum Gasteiger partial charge on any atom is 0.407 e. The summed E-state index contributed by atoms with van der Waals surface area (Å²) in [6.07, 6.45) is 0.571. The van der Waals surface area contributed by atoms with E-state index in [0.717, 1.165) is 22.3 Å². The third-order valence-electron chi connectivity index (χ3n) is 6.04. The van der Waals surface area contributed by atoms with E-state index in [1.54, 1.807) is 6.07 Å². The number of carboxylic acid groups (broad SMARTS) is 1. The highest BCUT2D eigenvalue weighted by molar-refractivity contribution is 5.86. The predicted molar refractivity (Wildman–Crippen MR) is 120 cm³/mol. The first-order valence-electron chi connectivity index (χ1n) is 10.6. The molecule has 33 heavy (non-hydrogen) atoms. The number of aliphatic carboxylic acids is 1. The molecule has 6 nitrogen and oxygen atoms in total. The summed E-state index contributed by atoms with van der Waals surface area (Å²) in [4.78, 5) is 24.3. The van der Waals surface area contributed by atoms with Crippen LogP contribution >= 0.6 is 0 Å². The van der Waals surface area contributed by atoms with Gasteiger partial charge < -0.3 is 15.2 Å². The normalized spacial score (nSPS) is 14.4. The Labute approximate surface area is 189 Å². The van der Waals surface area contributed by atoms with Crippen LogP contribution in [0.2, 0.25) is 0 Å². The number of rotatable bonds is 6. The van der Waals surface area contributed by atoms with Crippen LogP contribution in [0.25, 0.3) is 16.7 Å². The number of hydrogen-bond acceptors (Lipinski definition) is 3. The molecule has 0 spiro atoms. The van der Waals surface area contributed by atoms with Crippen molar-refractivity contribution < 1.29 is 23.8 Å². The van der Waals surface area contributed by atoms with Gasteiger partial charge in [-0.25, -0.2) is 14.0 Å². The van der Waals surface area contributed by atoms with Gasteiger partial charge in [-0.15, -0.1) is 0 Å². The van der Waals surface area contributed by atoms with Crippen molar-refractivity contribution in [3.8, 4) is 11.1 Å². The molecule has 0 saturated heterocycles. The molecule has 3 aromatic rings. The summed E-state index contributed by atoms with van der Waals surface area (Å²) in [5.41, 5.74) is 5.58. The van der Waals surface area contributed by atoms with Gasteiger partial charge >= 0.3 is 12.1 Å². The number of nitrogens with zero attached hydrogens (tertiary/aromatic N) is 1. The van der Waals surface area contributed by atoms with Gasteiger partial charge in [0.15, 0.2) is 0 Å². The highest BCUT2D eigenvalue weighted by atomic mass is 19.1. The molecule has 1 radical (unpaired) electrons. The number of carbonyl (C=O) groups is 2. The first-order chi connectivity index (χ1) is 16.0. The van der Waals surface area contributed by atoms with Crippen molar-refractivity contribution in [2.24, 2.45) is 0 Å². The number of fused-ring (bicyclic) bond motifs is 4. The number of ether oxygens (including phenoxy) is 1. The lowest BCUT2D eigenvalue weighted by atomic mass is 9.98. The Morgan fingerprint density at radius 2 is 1.61 bits per heavy atom. The molecule has 165 valence electrons. The van der Waals surface area contributed by atoms with Crippen LogP contribution in [0.3, 0.4) is 0 Å². The average Bonchev–Trinajstić information content (AvgIpc) is 3.37. The molecule has 0 bridgehead atoms. The highest BCUT2D eigenvalue weighted by Gasteiger charge is 2.30. The van der Waals surface area contributed by atoms with Crippen LogP contribution < -0.4 is 10.6 Å². The summed E-state index contributed by atoms with van der Waals surface area (Å²) >= 11 is 0. The van der Waals surface area contributed by atoms with E-state index in [1.165, 1.54) is 18.3 Å². The number of carbonyl (C=O) groups excluding carboxylic acids is 1. The minimum atomic E-state index is -1.24. The second-order valence-corrected chi connectivity index (χ2v) is 7.98. The van der Waals surface area contributed by atoms with Crippen molar-refractivity contribution in [1.82, 2.24) is 10.6 Å². The molecule has 3 aromatic carbocycles. The second-order valence-electron chi connectivity index (χ2n) is 7.98. The summed E-state index contributed by atoms with van der Waals surface area (Å²) < 4.78 is 19.4. The van der Waals surface area contributed by atoms with Crippen LogP contribution in [0.1, 0.15) is 29.0 Å². The fraction of sp³-hybridized carbons (Fsp3) is 0.154. The van der Waals surface area contributed by atoms with Crippen LogP contribution in [0.4, 0.5) is 14.9 Å². The molecule has 5 rings (SSSR count).